The second kappa shape index (κ2) is 4.92. The number of nitrogen functional groups attached to an aromatic ring is 1. The molecule has 0 fully saturated rings. The Morgan fingerprint density at radius 1 is 1.05 bits per heavy atom. The zero-order chi connectivity index (χ0) is 12.9. The van der Waals surface area contributed by atoms with Crippen LogP contribution in [0.25, 0.3) is 11.1 Å². The third kappa shape index (κ3) is 2.57. The molecule has 3 N–H and O–H groups in total. The Morgan fingerprint density at radius 2 is 1.63 bits per heavy atom. The van der Waals surface area contributed by atoms with Crippen molar-refractivity contribution >= 4 is 15.8 Å². The van der Waals surface area contributed by atoms with Gasteiger partial charge in [-0.25, -0.2) is 0 Å². The summed E-state index contributed by atoms with van der Waals surface area (Å²) in [7, 11) is -4.14. The SMILES string of the molecule is Nc1ccc2c(c1)Cc1cc(S(=O)(=O)O)ccc1-2.[H-].[Na+]. The molecule has 4 nitrogen and oxygen atoms in total. The first-order valence-corrected chi connectivity index (χ1v) is 6.88. The van der Waals surface area contributed by atoms with Gasteiger partial charge in [0.05, 0.1) is 4.90 Å². The largest absolute Gasteiger partial charge is 1.00 e. The summed E-state index contributed by atoms with van der Waals surface area (Å²) in [5.74, 6) is 0. The van der Waals surface area contributed by atoms with Crippen molar-refractivity contribution < 1.29 is 44.0 Å². The van der Waals surface area contributed by atoms with Crippen LogP contribution in [0.5, 0.6) is 0 Å². The van der Waals surface area contributed by atoms with Crippen LogP contribution >= 0.6 is 0 Å². The van der Waals surface area contributed by atoms with Crippen LogP contribution in [0.2, 0.25) is 0 Å². The number of anilines is 1. The number of hydrogen-bond donors (Lipinski definition) is 2. The Labute approximate surface area is 135 Å². The normalized spacial score (nSPS) is 12.5. The van der Waals surface area contributed by atoms with Crippen LogP contribution in [0.3, 0.4) is 0 Å². The molecule has 0 aliphatic heterocycles. The van der Waals surface area contributed by atoms with E-state index in [0.29, 0.717) is 12.1 Å². The van der Waals surface area contributed by atoms with Crippen molar-refractivity contribution in [1.29, 1.82) is 0 Å². The van der Waals surface area contributed by atoms with Gasteiger partial charge >= 0.3 is 29.6 Å². The minimum Gasteiger partial charge on any atom is -1.00 e. The Morgan fingerprint density at radius 3 is 2.26 bits per heavy atom. The number of rotatable bonds is 1. The van der Waals surface area contributed by atoms with Gasteiger partial charge in [-0.1, -0.05) is 12.1 Å². The summed E-state index contributed by atoms with van der Waals surface area (Å²) in [6, 6.07) is 10.3. The zero-order valence-electron chi connectivity index (χ0n) is 11.4. The third-order valence-electron chi connectivity index (χ3n) is 3.17. The maximum atomic E-state index is 11.1. The van der Waals surface area contributed by atoms with Crippen molar-refractivity contribution in [1.82, 2.24) is 0 Å². The average molecular weight is 285 g/mol. The first-order chi connectivity index (χ1) is 8.45. The standard InChI is InChI=1S/C13H11NO3S.Na.H/c14-10-1-3-12-8(6-10)5-9-7-11(18(15,16)17)2-4-13(9)12;;/h1-4,6-7H,5,14H2,(H,15,16,17);;/q;+1;-1. The maximum absolute atomic E-state index is 11.1. The van der Waals surface area contributed by atoms with Gasteiger partial charge in [-0.15, -0.1) is 0 Å². The number of hydrogen-bond acceptors (Lipinski definition) is 3. The fourth-order valence-corrected chi connectivity index (χ4v) is 2.90. The van der Waals surface area contributed by atoms with Crippen LogP contribution in [0, 0.1) is 0 Å². The molecule has 3 rings (SSSR count). The van der Waals surface area contributed by atoms with E-state index in [1.54, 1.807) is 6.07 Å². The first-order valence-electron chi connectivity index (χ1n) is 5.44. The topological polar surface area (TPSA) is 80.4 Å². The Kier molecular flexibility index (Phi) is 3.77. The van der Waals surface area contributed by atoms with Gasteiger partial charge in [0.1, 0.15) is 0 Å². The van der Waals surface area contributed by atoms with E-state index in [4.69, 9.17) is 10.3 Å². The van der Waals surface area contributed by atoms with Crippen molar-refractivity contribution in [2.45, 2.75) is 11.3 Å². The predicted molar refractivity (Wildman–Crippen MR) is 70.0 cm³/mol. The molecule has 0 saturated heterocycles. The predicted octanol–water partition coefficient (Wildman–Crippen LogP) is -0.797. The molecule has 0 amide bonds. The van der Waals surface area contributed by atoms with Gasteiger partial charge in [0.2, 0.25) is 0 Å². The molecule has 0 spiro atoms. The second-order valence-electron chi connectivity index (χ2n) is 4.39. The van der Waals surface area contributed by atoms with E-state index in [1.807, 2.05) is 18.2 Å². The molecule has 2 aromatic rings. The minimum atomic E-state index is -4.14. The number of benzene rings is 2. The fourth-order valence-electron chi connectivity index (χ4n) is 2.37. The Bertz CT molecular complexity index is 762. The molecule has 1 aliphatic carbocycles. The van der Waals surface area contributed by atoms with E-state index < -0.39 is 10.1 Å². The van der Waals surface area contributed by atoms with Crippen LogP contribution in [0.4, 0.5) is 5.69 Å². The van der Waals surface area contributed by atoms with E-state index in [2.05, 4.69) is 0 Å². The zero-order valence-corrected chi connectivity index (χ0v) is 13.2. The quantitative estimate of drug-likeness (QED) is 0.349. The van der Waals surface area contributed by atoms with Crippen molar-refractivity contribution in [2.24, 2.45) is 0 Å². The molecular weight excluding hydrogens is 273 g/mol. The van der Waals surface area contributed by atoms with Gasteiger partial charge in [-0.3, -0.25) is 4.55 Å². The van der Waals surface area contributed by atoms with Crippen LogP contribution < -0.4 is 35.3 Å². The third-order valence-corrected chi connectivity index (χ3v) is 4.02. The molecular formula is C13H12NNaO3S. The summed E-state index contributed by atoms with van der Waals surface area (Å²) in [5.41, 5.74) is 10.5. The van der Waals surface area contributed by atoms with Crippen LogP contribution in [0.1, 0.15) is 12.6 Å². The Balaban J connectivity index is 0.000001000. The molecule has 0 aromatic heterocycles. The molecule has 2 aromatic carbocycles. The number of nitrogens with two attached hydrogens (primary N) is 1. The summed E-state index contributed by atoms with van der Waals surface area (Å²) in [6.45, 7) is 0. The molecule has 0 radical (unpaired) electrons. The number of fused-ring (bicyclic) bond motifs is 3. The summed E-state index contributed by atoms with van der Waals surface area (Å²) in [6.07, 6.45) is 0.638. The van der Waals surface area contributed by atoms with Crippen molar-refractivity contribution in [3.05, 3.63) is 47.5 Å². The van der Waals surface area contributed by atoms with E-state index >= 15 is 0 Å². The van der Waals surface area contributed by atoms with Crippen molar-refractivity contribution in [3.63, 3.8) is 0 Å². The van der Waals surface area contributed by atoms with E-state index in [1.165, 1.54) is 12.1 Å². The van der Waals surface area contributed by atoms with Gasteiger partial charge in [0.25, 0.3) is 10.1 Å². The summed E-state index contributed by atoms with van der Waals surface area (Å²) >= 11 is 0. The van der Waals surface area contributed by atoms with Crippen LogP contribution in [-0.2, 0) is 16.5 Å². The summed E-state index contributed by atoms with van der Waals surface area (Å²) in [4.78, 5) is -0.0676. The summed E-state index contributed by atoms with van der Waals surface area (Å²) < 4.78 is 31.2. The molecule has 19 heavy (non-hydrogen) atoms. The van der Waals surface area contributed by atoms with Crippen molar-refractivity contribution in [3.8, 4) is 11.1 Å². The Hall–Kier alpha value is -0.850. The molecule has 0 atom stereocenters. The van der Waals surface area contributed by atoms with Gasteiger partial charge in [-0.05, 0) is 52.9 Å². The van der Waals surface area contributed by atoms with Crippen LogP contribution in [-0.4, -0.2) is 13.0 Å². The summed E-state index contributed by atoms with van der Waals surface area (Å²) in [5, 5.41) is 0. The van der Waals surface area contributed by atoms with E-state index in [9.17, 15) is 8.42 Å². The minimum absolute atomic E-state index is 0. The fraction of sp³-hybridized carbons (Fsp3) is 0.0769. The van der Waals surface area contributed by atoms with E-state index in [0.717, 1.165) is 22.3 Å². The van der Waals surface area contributed by atoms with Gasteiger partial charge in [0.15, 0.2) is 0 Å². The molecule has 0 unspecified atom stereocenters. The smallest absolute Gasteiger partial charge is 1.00 e. The molecule has 6 heteroatoms. The van der Waals surface area contributed by atoms with Crippen molar-refractivity contribution in [2.75, 3.05) is 5.73 Å². The molecule has 94 valence electrons. The monoisotopic (exact) mass is 285 g/mol. The molecule has 0 heterocycles. The maximum Gasteiger partial charge on any atom is 1.00 e. The first kappa shape index (κ1) is 14.6. The molecule has 1 aliphatic rings. The average Bonchev–Trinajstić information content (AvgIpc) is 2.63. The molecule has 0 saturated carbocycles. The van der Waals surface area contributed by atoms with E-state index in [-0.39, 0.29) is 35.9 Å². The van der Waals surface area contributed by atoms with Crippen LogP contribution in [0.15, 0.2) is 41.3 Å². The van der Waals surface area contributed by atoms with Gasteiger partial charge in [0, 0.05) is 5.69 Å². The molecule has 0 bridgehead atoms. The second-order valence-corrected chi connectivity index (χ2v) is 5.81. The van der Waals surface area contributed by atoms with Gasteiger partial charge < -0.3 is 7.16 Å². The van der Waals surface area contributed by atoms with Gasteiger partial charge in [-0.2, -0.15) is 8.42 Å².